The third-order valence-corrected chi connectivity index (χ3v) is 4.68. The van der Waals surface area contributed by atoms with E-state index in [1.165, 1.54) is 10.4 Å². The van der Waals surface area contributed by atoms with Crippen LogP contribution in [0.5, 0.6) is 0 Å². The summed E-state index contributed by atoms with van der Waals surface area (Å²) >= 11 is 7.59. The molecule has 1 aromatic rings. The lowest BCUT2D eigenvalue weighted by molar-refractivity contribution is -0.133. The molecule has 2 nitrogen and oxygen atoms in total. The smallest absolute Gasteiger partial charge is 0.230 e. The van der Waals surface area contributed by atoms with Gasteiger partial charge in [0, 0.05) is 23.8 Å². The minimum Gasteiger partial charge on any atom is -0.341 e. The molecule has 4 heteroatoms. The Bertz CT molecular complexity index is 398. The van der Waals surface area contributed by atoms with Crippen molar-refractivity contribution in [2.45, 2.75) is 38.5 Å². The van der Waals surface area contributed by atoms with Gasteiger partial charge in [-0.1, -0.05) is 6.92 Å². The van der Waals surface area contributed by atoms with E-state index in [9.17, 15) is 4.79 Å². The fourth-order valence-electron chi connectivity index (χ4n) is 2.67. The number of rotatable bonds is 5. The van der Waals surface area contributed by atoms with E-state index in [0.717, 1.165) is 32.2 Å². The fourth-order valence-corrected chi connectivity index (χ4v) is 3.86. The summed E-state index contributed by atoms with van der Waals surface area (Å²) in [5.41, 5.74) is 1.27. The molecule has 0 saturated carbocycles. The molecule has 1 aliphatic rings. The van der Waals surface area contributed by atoms with Crippen molar-refractivity contribution in [2.24, 2.45) is 0 Å². The zero-order valence-electron chi connectivity index (χ0n) is 10.8. The highest BCUT2D eigenvalue weighted by molar-refractivity contribution is 7.10. The Kier molecular flexibility index (Phi) is 5.07. The average molecular weight is 286 g/mol. The first-order valence-electron chi connectivity index (χ1n) is 6.69. The Labute approximate surface area is 118 Å². The standard InChI is InChI=1S/C14H20ClNOS/c1-2-8-16(9-7-15)14(17)12-4-3-5-13-11(12)6-10-18-13/h6,10,12H,2-5,7-9H2,1H3. The van der Waals surface area contributed by atoms with E-state index in [0.29, 0.717) is 12.4 Å². The van der Waals surface area contributed by atoms with Crippen molar-refractivity contribution in [3.05, 3.63) is 21.9 Å². The third kappa shape index (κ3) is 2.89. The van der Waals surface area contributed by atoms with Crippen LogP contribution in [-0.2, 0) is 11.2 Å². The number of halogens is 1. The molecule has 2 rings (SSSR count). The van der Waals surface area contributed by atoms with E-state index in [2.05, 4.69) is 18.4 Å². The van der Waals surface area contributed by atoms with Crippen LogP contribution < -0.4 is 0 Å². The van der Waals surface area contributed by atoms with Crippen molar-refractivity contribution in [3.8, 4) is 0 Å². The van der Waals surface area contributed by atoms with Crippen LogP contribution in [0.25, 0.3) is 0 Å². The van der Waals surface area contributed by atoms with Gasteiger partial charge in [-0.05, 0) is 42.7 Å². The Balaban J connectivity index is 2.14. The maximum absolute atomic E-state index is 12.6. The topological polar surface area (TPSA) is 20.3 Å². The largest absolute Gasteiger partial charge is 0.341 e. The van der Waals surface area contributed by atoms with Gasteiger partial charge in [0.15, 0.2) is 0 Å². The molecule has 1 aliphatic carbocycles. The predicted octanol–water partition coefficient (Wildman–Crippen LogP) is 3.65. The van der Waals surface area contributed by atoms with E-state index in [1.54, 1.807) is 11.3 Å². The molecule has 1 amide bonds. The average Bonchev–Trinajstić information content (AvgIpc) is 2.85. The van der Waals surface area contributed by atoms with Gasteiger partial charge in [-0.3, -0.25) is 4.79 Å². The first-order chi connectivity index (χ1) is 8.77. The predicted molar refractivity (Wildman–Crippen MR) is 77.6 cm³/mol. The summed E-state index contributed by atoms with van der Waals surface area (Å²) in [6.45, 7) is 3.59. The number of alkyl halides is 1. The molecule has 0 radical (unpaired) electrons. The van der Waals surface area contributed by atoms with Gasteiger partial charge in [0.1, 0.15) is 0 Å². The Hall–Kier alpha value is -0.540. The highest BCUT2D eigenvalue weighted by Gasteiger charge is 2.30. The number of hydrogen-bond donors (Lipinski definition) is 0. The third-order valence-electron chi connectivity index (χ3n) is 3.51. The van der Waals surface area contributed by atoms with Gasteiger partial charge in [-0.2, -0.15) is 0 Å². The van der Waals surface area contributed by atoms with Crippen molar-refractivity contribution in [1.29, 1.82) is 0 Å². The number of aryl methyl sites for hydroxylation is 1. The minimum absolute atomic E-state index is 0.0785. The van der Waals surface area contributed by atoms with E-state index >= 15 is 0 Å². The van der Waals surface area contributed by atoms with Crippen LogP contribution in [0.15, 0.2) is 11.4 Å². The number of nitrogens with zero attached hydrogens (tertiary/aromatic N) is 1. The number of thiophene rings is 1. The highest BCUT2D eigenvalue weighted by atomic mass is 35.5. The summed E-state index contributed by atoms with van der Waals surface area (Å²) in [5, 5.41) is 2.11. The van der Waals surface area contributed by atoms with E-state index in [4.69, 9.17) is 11.6 Å². The monoisotopic (exact) mass is 285 g/mol. The molecule has 0 aliphatic heterocycles. The minimum atomic E-state index is 0.0785. The quantitative estimate of drug-likeness (QED) is 0.756. The van der Waals surface area contributed by atoms with Crippen molar-refractivity contribution in [3.63, 3.8) is 0 Å². The maximum Gasteiger partial charge on any atom is 0.230 e. The molecule has 1 unspecified atom stereocenters. The summed E-state index contributed by atoms with van der Waals surface area (Å²) in [7, 11) is 0. The SMILES string of the molecule is CCCN(CCCl)C(=O)C1CCCc2sccc21. The summed E-state index contributed by atoms with van der Waals surface area (Å²) in [6.07, 6.45) is 4.25. The van der Waals surface area contributed by atoms with Gasteiger partial charge in [0.05, 0.1) is 5.92 Å². The first kappa shape index (κ1) is 13.9. The zero-order chi connectivity index (χ0) is 13.0. The van der Waals surface area contributed by atoms with Crippen molar-refractivity contribution < 1.29 is 4.79 Å². The van der Waals surface area contributed by atoms with Crippen LogP contribution in [0.3, 0.4) is 0 Å². The molecular weight excluding hydrogens is 266 g/mol. The fraction of sp³-hybridized carbons (Fsp3) is 0.643. The van der Waals surface area contributed by atoms with Gasteiger partial charge in [-0.15, -0.1) is 22.9 Å². The molecule has 0 aromatic carbocycles. The lowest BCUT2D eigenvalue weighted by Crippen LogP contribution is -2.38. The second-order valence-electron chi connectivity index (χ2n) is 4.76. The summed E-state index contributed by atoms with van der Waals surface area (Å²) < 4.78 is 0. The zero-order valence-corrected chi connectivity index (χ0v) is 12.4. The van der Waals surface area contributed by atoms with Crippen molar-refractivity contribution in [2.75, 3.05) is 19.0 Å². The molecule has 0 bridgehead atoms. The van der Waals surface area contributed by atoms with Crippen LogP contribution in [0, 0.1) is 0 Å². The molecule has 1 atom stereocenters. The van der Waals surface area contributed by atoms with Gasteiger partial charge >= 0.3 is 0 Å². The first-order valence-corrected chi connectivity index (χ1v) is 8.10. The molecule has 0 saturated heterocycles. The number of carbonyl (C=O) groups is 1. The van der Waals surface area contributed by atoms with Gasteiger partial charge in [0.2, 0.25) is 5.91 Å². The van der Waals surface area contributed by atoms with Crippen molar-refractivity contribution in [1.82, 2.24) is 4.90 Å². The maximum atomic E-state index is 12.6. The molecule has 1 aromatic heterocycles. The summed E-state index contributed by atoms with van der Waals surface area (Å²) in [4.78, 5) is 16.0. The lowest BCUT2D eigenvalue weighted by Gasteiger charge is -2.29. The molecule has 100 valence electrons. The Morgan fingerprint density at radius 3 is 3.11 bits per heavy atom. The molecule has 0 spiro atoms. The van der Waals surface area contributed by atoms with Crippen LogP contribution in [-0.4, -0.2) is 29.8 Å². The van der Waals surface area contributed by atoms with Gasteiger partial charge < -0.3 is 4.90 Å². The number of amides is 1. The lowest BCUT2D eigenvalue weighted by atomic mass is 9.86. The second kappa shape index (κ2) is 6.58. The molecular formula is C14H20ClNOS. The second-order valence-corrected chi connectivity index (χ2v) is 6.14. The Morgan fingerprint density at radius 1 is 1.56 bits per heavy atom. The van der Waals surface area contributed by atoms with E-state index in [1.807, 2.05) is 4.90 Å². The highest BCUT2D eigenvalue weighted by Crippen LogP contribution is 2.36. The van der Waals surface area contributed by atoms with Crippen LogP contribution >= 0.6 is 22.9 Å². The Morgan fingerprint density at radius 2 is 2.39 bits per heavy atom. The van der Waals surface area contributed by atoms with Gasteiger partial charge in [-0.25, -0.2) is 0 Å². The molecule has 18 heavy (non-hydrogen) atoms. The number of carbonyl (C=O) groups excluding carboxylic acids is 1. The van der Waals surface area contributed by atoms with Gasteiger partial charge in [0.25, 0.3) is 0 Å². The molecule has 1 heterocycles. The van der Waals surface area contributed by atoms with E-state index in [-0.39, 0.29) is 11.8 Å². The summed E-state index contributed by atoms with van der Waals surface area (Å²) in [6, 6.07) is 2.13. The van der Waals surface area contributed by atoms with Crippen molar-refractivity contribution >= 4 is 28.8 Å². The van der Waals surface area contributed by atoms with Crippen LogP contribution in [0.4, 0.5) is 0 Å². The number of fused-ring (bicyclic) bond motifs is 1. The molecule has 0 fully saturated rings. The van der Waals surface area contributed by atoms with Crippen LogP contribution in [0.1, 0.15) is 42.5 Å². The normalized spacial score (nSPS) is 18.4. The van der Waals surface area contributed by atoms with E-state index < -0.39 is 0 Å². The molecule has 0 N–H and O–H groups in total. The number of hydrogen-bond acceptors (Lipinski definition) is 2. The van der Waals surface area contributed by atoms with Crippen LogP contribution in [0.2, 0.25) is 0 Å². The summed E-state index contributed by atoms with van der Waals surface area (Å²) in [5.74, 6) is 0.876.